The second-order valence-electron chi connectivity index (χ2n) is 5.02. The Labute approximate surface area is 125 Å². The van der Waals surface area contributed by atoms with E-state index in [9.17, 15) is 23.9 Å². The van der Waals surface area contributed by atoms with E-state index in [1.807, 2.05) is 0 Å². The van der Waals surface area contributed by atoms with Crippen LogP contribution in [0.1, 0.15) is 23.7 Å². The maximum Gasteiger partial charge on any atom is 0.331 e. The molecule has 1 aliphatic rings. The van der Waals surface area contributed by atoms with E-state index in [1.54, 1.807) is 0 Å². The molecule has 8 heteroatoms. The van der Waals surface area contributed by atoms with Gasteiger partial charge in [-0.3, -0.25) is 9.59 Å². The Morgan fingerprint density at radius 1 is 1.36 bits per heavy atom. The van der Waals surface area contributed by atoms with Crippen molar-refractivity contribution in [2.45, 2.75) is 18.9 Å². The summed E-state index contributed by atoms with van der Waals surface area (Å²) < 4.78 is 18.8. The van der Waals surface area contributed by atoms with Gasteiger partial charge in [0.1, 0.15) is 5.82 Å². The highest BCUT2D eigenvalue weighted by Gasteiger charge is 2.44. The molecular formula is C14H15FN2O5. The molecule has 1 aromatic carbocycles. The summed E-state index contributed by atoms with van der Waals surface area (Å²) >= 11 is 0. The number of carbonyl (C=O) groups is 3. The SMILES string of the molecule is CC(=O)Nc1ccc(F)c(C(=O)NC2(C(=O)O)CCOC2)c1. The monoisotopic (exact) mass is 310 g/mol. The maximum absolute atomic E-state index is 13.8. The van der Waals surface area contributed by atoms with Crippen LogP contribution in [-0.4, -0.2) is 41.6 Å². The first-order valence-corrected chi connectivity index (χ1v) is 6.55. The zero-order valence-electron chi connectivity index (χ0n) is 11.8. The molecule has 0 aliphatic carbocycles. The molecule has 2 amide bonds. The van der Waals surface area contributed by atoms with Gasteiger partial charge < -0.3 is 20.5 Å². The van der Waals surface area contributed by atoms with E-state index in [-0.39, 0.29) is 36.8 Å². The van der Waals surface area contributed by atoms with Crippen molar-refractivity contribution in [2.24, 2.45) is 0 Å². The maximum atomic E-state index is 13.8. The van der Waals surface area contributed by atoms with Crippen LogP contribution in [0.3, 0.4) is 0 Å². The van der Waals surface area contributed by atoms with Gasteiger partial charge >= 0.3 is 5.97 Å². The van der Waals surface area contributed by atoms with Crippen LogP contribution in [0.25, 0.3) is 0 Å². The molecule has 1 heterocycles. The average Bonchev–Trinajstić information content (AvgIpc) is 2.90. The van der Waals surface area contributed by atoms with Crippen LogP contribution in [0.2, 0.25) is 0 Å². The number of aliphatic carboxylic acids is 1. The molecule has 1 aliphatic heterocycles. The van der Waals surface area contributed by atoms with Gasteiger partial charge in [0, 0.05) is 25.6 Å². The first-order chi connectivity index (χ1) is 10.3. The minimum absolute atomic E-state index is 0.0983. The Balaban J connectivity index is 2.25. The van der Waals surface area contributed by atoms with Crippen molar-refractivity contribution in [1.29, 1.82) is 0 Å². The zero-order valence-corrected chi connectivity index (χ0v) is 11.8. The van der Waals surface area contributed by atoms with Crippen molar-refractivity contribution in [2.75, 3.05) is 18.5 Å². The number of ether oxygens (including phenoxy) is 1. The fourth-order valence-corrected chi connectivity index (χ4v) is 2.15. The smallest absolute Gasteiger partial charge is 0.331 e. The van der Waals surface area contributed by atoms with E-state index < -0.39 is 23.2 Å². The van der Waals surface area contributed by atoms with Gasteiger partial charge in [-0.15, -0.1) is 0 Å². The highest BCUT2D eigenvalue weighted by molar-refractivity contribution is 5.99. The number of anilines is 1. The summed E-state index contributed by atoms with van der Waals surface area (Å²) in [6, 6.07) is 3.48. The van der Waals surface area contributed by atoms with Gasteiger partial charge in [-0.1, -0.05) is 0 Å². The molecule has 1 aromatic rings. The number of nitrogens with one attached hydrogen (secondary N) is 2. The Bertz CT molecular complexity index is 626. The van der Waals surface area contributed by atoms with Crippen molar-refractivity contribution in [3.05, 3.63) is 29.6 Å². The lowest BCUT2D eigenvalue weighted by molar-refractivity contribution is -0.144. The summed E-state index contributed by atoms with van der Waals surface area (Å²) in [4.78, 5) is 34.5. The molecule has 1 unspecified atom stereocenters. The number of hydrogen-bond acceptors (Lipinski definition) is 4. The van der Waals surface area contributed by atoms with Crippen LogP contribution < -0.4 is 10.6 Å². The summed E-state index contributed by atoms with van der Waals surface area (Å²) in [5.41, 5.74) is -1.67. The highest BCUT2D eigenvalue weighted by Crippen LogP contribution is 2.21. The van der Waals surface area contributed by atoms with Gasteiger partial charge in [0.25, 0.3) is 5.91 Å². The van der Waals surface area contributed by atoms with Gasteiger partial charge in [-0.25, -0.2) is 9.18 Å². The Morgan fingerprint density at radius 3 is 2.64 bits per heavy atom. The number of carboxylic acids is 1. The molecule has 0 bridgehead atoms. The van der Waals surface area contributed by atoms with Crippen molar-refractivity contribution >= 4 is 23.5 Å². The number of hydrogen-bond donors (Lipinski definition) is 3. The molecule has 1 fully saturated rings. The van der Waals surface area contributed by atoms with Gasteiger partial charge in [-0.2, -0.15) is 0 Å². The molecule has 0 spiro atoms. The van der Waals surface area contributed by atoms with E-state index in [4.69, 9.17) is 4.74 Å². The Hall–Kier alpha value is -2.48. The minimum atomic E-state index is -1.56. The van der Waals surface area contributed by atoms with Crippen LogP contribution in [0.5, 0.6) is 0 Å². The third-order valence-corrected chi connectivity index (χ3v) is 3.32. The largest absolute Gasteiger partial charge is 0.479 e. The minimum Gasteiger partial charge on any atom is -0.479 e. The first kappa shape index (κ1) is 15.9. The van der Waals surface area contributed by atoms with Crippen LogP contribution >= 0.6 is 0 Å². The van der Waals surface area contributed by atoms with Crippen molar-refractivity contribution in [3.8, 4) is 0 Å². The summed E-state index contributed by atoms with van der Waals surface area (Å²) in [5.74, 6) is -3.30. The molecule has 7 nitrogen and oxygen atoms in total. The fourth-order valence-electron chi connectivity index (χ4n) is 2.15. The van der Waals surface area contributed by atoms with Gasteiger partial charge in [-0.05, 0) is 18.2 Å². The van der Waals surface area contributed by atoms with E-state index in [2.05, 4.69) is 10.6 Å². The van der Waals surface area contributed by atoms with Crippen molar-refractivity contribution in [3.63, 3.8) is 0 Å². The van der Waals surface area contributed by atoms with Gasteiger partial charge in [0.2, 0.25) is 5.91 Å². The Morgan fingerprint density at radius 2 is 2.09 bits per heavy atom. The van der Waals surface area contributed by atoms with E-state index in [0.717, 1.165) is 12.1 Å². The molecular weight excluding hydrogens is 295 g/mol. The predicted molar refractivity (Wildman–Crippen MR) is 74.0 cm³/mol. The summed E-state index contributed by atoms with van der Waals surface area (Å²) in [5, 5.41) is 14.0. The zero-order chi connectivity index (χ0) is 16.3. The molecule has 2 rings (SSSR count). The lowest BCUT2D eigenvalue weighted by atomic mass is 9.98. The molecule has 1 atom stereocenters. The van der Waals surface area contributed by atoms with Crippen LogP contribution in [0.4, 0.5) is 10.1 Å². The van der Waals surface area contributed by atoms with Crippen LogP contribution in [0, 0.1) is 5.82 Å². The molecule has 3 N–H and O–H groups in total. The molecule has 0 aromatic heterocycles. The lowest BCUT2D eigenvalue weighted by Crippen LogP contribution is -2.55. The second kappa shape index (κ2) is 6.10. The second-order valence-corrected chi connectivity index (χ2v) is 5.02. The quantitative estimate of drug-likeness (QED) is 0.761. The lowest BCUT2D eigenvalue weighted by Gasteiger charge is -2.23. The van der Waals surface area contributed by atoms with E-state index in [1.165, 1.54) is 13.0 Å². The molecule has 22 heavy (non-hydrogen) atoms. The number of rotatable bonds is 4. The Kier molecular flexibility index (Phi) is 4.41. The molecule has 0 radical (unpaired) electrons. The number of carbonyl (C=O) groups excluding carboxylic acids is 2. The normalized spacial score (nSPS) is 20.5. The number of carboxylic acid groups (broad SMARTS) is 1. The standard InChI is InChI=1S/C14H15FN2O5/c1-8(18)16-9-2-3-11(15)10(6-9)12(19)17-14(13(20)21)4-5-22-7-14/h2-3,6H,4-5,7H2,1H3,(H,16,18)(H,17,19)(H,20,21). The van der Waals surface area contributed by atoms with Gasteiger partial charge in [0.05, 0.1) is 12.2 Å². The predicted octanol–water partition coefficient (Wildman–Crippen LogP) is 0.758. The van der Waals surface area contributed by atoms with Gasteiger partial charge in [0.15, 0.2) is 5.54 Å². The molecule has 1 saturated heterocycles. The number of benzene rings is 1. The summed E-state index contributed by atoms with van der Waals surface area (Å²) in [6.45, 7) is 1.29. The highest BCUT2D eigenvalue weighted by atomic mass is 19.1. The van der Waals surface area contributed by atoms with Crippen molar-refractivity contribution in [1.82, 2.24) is 5.32 Å². The van der Waals surface area contributed by atoms with Crippen LogP contribution in [-0.2, 0) is 14.3 Å². The van der Waals surface area contributed by atoms with E-state index in [0.29, 0.717) is 0 Å². The third kappa shape index (κ3) is 3.22. The summed E-state index contributed by atoms with van der Waals surface area (Å²) in [6.07, 6.45) is 0.0983. The molecule has 0 saturated carbocycles. The molecule has 118 valence electrons. The number of amides is 2. The average molecular weight is 310 g/mol. The number of halogens is 1. The van der Waals surface area contributed by atoms with E-state index >= 15 is 0 Å². The van der Waals surface area contributed by atoms with Crippen LogP contribution in [0.15, 0.2) is 18.2 Å². The first-order valence-electron chi connectivity index (χ1n) is 6.55. The summed E-state index contributed by atoms with van der Waals surface area (Å²) in [7, 11) is 0. The fraction of sp³-hybridized carbons (Fsp3) is 0.357. The third-order valence-electron chi connectivity index (χ3n) is 3.32. The van der Waals surface area contributed by atoms with Crippen molar-refractivity contribution < 1.29 is 28.6 Å². The topological polar surface area (TPSA) is 105 Å².